The van der Waals surface area contributed by atoms with Crippen LogP contribution in [-0.4, -0.2) is 27.8 Å². The van der Waals surface area contributed by atoms with Crippen LogP contribution in [0.1, 0.15) is 21.9 Å². The molecule has 17 heavy (non-hydrogen) atoms. The molecule has 2 N–H and O–H groups in total. The van der Waals surface area contributed by atoms with Crippen molar-refractivity contribution in [1.29, 1.82) is 0 Å². The van der Waals surface area contributed by atoms with Crippen LogP contribution in [0.3, 0.4) is 0 Å². The number of imidazole rings is 1. The number of rotatable bonds is 3. The van der Waals surface area contributed by atoms with E-state index >= 15 is 0 Å². The van der Waals surface area contributed by atoms with E-state index in [2.05, 4.69) is 14.9 Å². The first-order chi connectivity index (χ1) is 8.11. The Bertz CT molecular complexity index is 543. The van der Waals surface area contributed by atoms with Crippen LogP contribution in [0.2, 0.25) is 0 Å². The van der Waals surface area contributed by atoms with E-state index in [1.165, 1.54) is 13.4 Å². The summed E-state index contributed by atoms with van der Waals surface area (Å²) in [5, 5.41) is 3.76. The maximum Gasteiger partial charge on any atom is 0.360 e. The molecular formula is C10H12N4O3. The molecule has 7 heteroatoms. The topological polar surface area (TPSA) is 96.2 Å². The van der Waals surface area contributed by atoms with E-state index in [1.54, 1.807) is 10.6 Å². The highest BCUT2D eigenvalue weighted by molar-refractivity contribution is 5.92. The summed E-state index contributed by atoms with van der Waals surface area (Å²) in [5.41, 5.74) is 6.66. The molecular weight excluding hydrogens is 224 g/mol. The Morgan fingerprint density at radius 3 is 3.00 bits per heavy atom. The molecule has 0 amide bonds. The summed E-state index contributed by atoms with van der Waals surface area (Å²) in [5.74, 6) is 0.323. The lowest BCUT2D eigenvalue weighted by molar-refractivity contribution is 0.0596. The first-order valence-corrected chi connectivity index (χ1v) is 4.93. The van der Waals surface area contributed by atoms with Crippen LogP contribution < -0.4 is 5.73 Å². The van der Waals surface area contributed by atoms with Crippen LogP contribution in [0, 0.1) is 6.92 Å². The van der Waals surface area contributed by atoms with Gasteiger partial charge in [0.05, 0.1) is 25.7 Å². The fourth-order valence-corrected chi connectivity index (χ4v) is 1.43. The van der Waals surface area contributed by atoms with Crippen LogP contribution in [0.4, 0.5) is 5.82 Å². The van der Waals surface area contributed by atoms with Gasteiger partial charge in [-0.05, 0) is 6.92 Å². The summed E-state index contributed by atoms with van der Waals surface area (Å²) >= 11 is 0. The number of anilines is 1. The predicted octanol–water partition coefficient (Wildman–Crippen LogP) is 0.597. The molecule has 0 atom stereocenters. The Morgan fingerprint density at radius 1 is 1.65 bits per heavy atom. The lowest BCUT2D eigenvalue weighted by Gasteiger charge is -2.01. The number of esters is 1. The van der Waals surface area contributed by atoms with E-state index in [9.17, 15) is 4.79 Å². The molecule has 0 saturated carbocycles. The van der Waals surface area contributed by atoms with Gasteiger partial charge < -0.3 is 19.6 Å². The van der Waals surface area contributed by atoms with Crippen LogP contribution in [-0.2, 0) is 11.3 Å². The monoisotopic (exact) mass is 236 g/mol. The van der Waals surface area contributed by atoms with Gasteiger partial charge in [0.25, 0.3) is 0 Å². The second-order valence-electron chi connectivity index (χ2n) is 3.53. The van der Waals surface area contributed by atoms with Gasteiger partial charge in [-0.25, -0.2) is 9.78 Å². The van der Waals surface area contributed by atoms with Crippen LogP contribution in [0.15, 0.2) is 16.9 Å². The van der Waals surface area contributed by atoms with Gasteiger partial charge in [-0.3, -0.25) is 0 Å². The number of hydrogen-bond donors (Lipinski definition) is 1. The molecule has 0 fully saturated rings. The molecule has 2 rings (SSSR count). The molecule has 2 aromatic heterocycles. The van der Waals surface area contributed by atoms with Crippen LogP contribution in [0.25, 0.3) is 0 Å². The quantitative estimate of drug-likeness (QED) is 0.784. The Morgan fingerprint density at radius 2 is 2.41 bits per heavy atom. The van der Waals surface area contributed by atoms with Crippen molar-refractivity contribution in [3.8, 4) is 0 Å². The standard InChI is InChI=1S/C10H12N4O3/c1-6-3-7(17-13-6)4-14-5-12-8(9(14)11)10(15)16-2/h3,5H,4,11H2,1-2H3. The third-order valence-corrected chi connectivity index (χ3v) is 2.26. The van der Waals surface area contributed by atoms with Crippen molar-refractivity contribution in [3.63, 3.8) is 0 Å². The van der Waals surface area contributed by atoms with Gasteiger partial charge in [-0.1, -0.05) is 5.16 Å². The van der Waals surface area contributed by atoms with Crippen molar-refractivity contribution >= 4 is 11.8 Å². The van der Waals surface area contributed by atoms with Crippen molar-refractivity contribution in [2.45, 2.75) is 13.5 Å². The number of carbonyl (C=O) groups excluding carboxylic acids is 1. The minimum absolute atomic E-state index is 0.101. The molecule has 0 saturated heterocycles. The zero-order chi connectivity index (χ0) is 12.4. The normalized spacial score (nSPS) is 10.5. The molecule has 0 unspecified atom stereocenters. The molecule has 0 radical (unpaired) electrons. The van der Waals surface area contributed by atoms with Crippen molar-refractivity contribution in [2.24, 2.45) is 0 Å². The van der Waals surface area contributed by atoms with E-state index in [4.69, 9.17) is 10.3 Å². The third-order valence-electron chi connectivity index (χ3n) is 2.26. The third kappa shape index (κ3) is 2.12. The average Bonchev–Trinajstić information content (AvgIpc) is 2.87. The van der Waals surface area contributed by atoms with Crippen molar-refractivity contribution < 1.29 is 14.1 Å². The summed E-state index contributed by atoms with van der Waals surface area (Å²) in [6, 6.07) is 1.79. The predicted molar refractivity (Wildman–Crippen MR) is 58.3 cm³/mol. The number of ether oxygens (including phenoxy) is 1. The van der Waals surface area contributed by atoms with Crippen molar-refractivity contribution in [3.05, 3.63) is 29.5 Å². The van der Waals surface area contributed by atoms with Crippen molar-refractivity contribution in [2.75, 3.05) is 12.8 Å². The van der Waals surface area contributed by atoms with Gasteiger partial charge in [0.2, 0.25) is 0 Å². The highest BCUT2D eigenvalue weighted by atomic mass is 16.5. The smallest absolute Gasteiger partial charge is 0.360 e. The fourth-order valence-electron chi connectivity index (χ4n) is 1.43. The van der Waals surface area contributed by atoms with Gasteiger partial charge in [0, 0.05) is 6.07 Å². The van der Waals surface area contributed by atoms with E-state index in [0.29, 0.717) is 12.3 Å². The lowest BCUT2D eigenvalue weighted by Crippen LogP contribution is -2.08. The highest BCUT2D eigenvalue weighted by Crippen LogP contribution is 2.14. The minimum atomic E-state index is -0.560. The Kier molecular flexibility index (Phi) is 2.82. The zero-order valence-corrected chi connectivity index (χ0v) is 9.51. The van der Waals surface area contributed by atoms with E-state index in [1.807, 2.05) is 6.92 Å². The Hall–Kier alpha value is -2.31. The number of nitrogens with zero attached hydrogens (tertiary/aromatic N) is 3. The molecule has 0 aliphatic carbocycles. The number of nitrogen functional groups attached to an aromatic ring is 1. The maximum atomic E-state index is 11.3. The van der Waals surface area contributed by atoms with Gasteiger partial charge >= 0.3 is 5.97 Å². The van der Waals surface area contributed by atoms with Gasteiger partial charge in [0.15, 0.2) is 11.5 Å². The van der Waals surface area contributed by atoms with Gasteiger partial charge in [-0.2, -0.15) is 0 Å². The van der Waals surface area contributed by atoms with Crippen LogP contribution in [0.5, 0.6) is 0 Å². The highest BCUT2D eigenvalue weighted by Gasteiger charge is 2.16. The molecule has 2 aromatic rings. The van der Waals surface area contributed by atoms with Gasteiger partial charge in [-0.15, -0.1) is 0 Å². The Labute approximate surface area is 97.2 Å². The van der Waals surface area contributed by atoms with E-state index in [0.717, 1.165) is 5.69 Å². The fraction of sp³-hybridized carbons (Fsp3) is 0.300. The first kappa shape index (κ1) is 11.2. The largest absolute Gasteiger partial charge is 0.464 e. The number of methoxy groups -OCH3 is 1. The molecule has 7 nitrogen and oxygen atoms in total. The van der Waals surface area contributed by atoms with Crippen molar-refractivity contribution in [1.82, 2.24) is 14.7 Å². The minimum Gasteiger partial charge on any atom is -0.464 e. The Balaban J connectivity index is 2.23. The van der Waals surface area contributed by atoms with E-state index in [-0.39, 0.29) is 11.5 Å². The summed E-state index contributed by atoms with van der Waals surface area (Å²) in [6.07, 6.45) is 1.46. The maximum absolute atomic E-state index is 11.3. The number of carbonyl (C=O) groups is 1. The van der Waals surface area contributed by atoms with Gasteiger partial charge in [0.1, 0.15) is 5.82 Å². The molecule has 90 valence electrons. The molecule has 0 bridgehead atoms. The summed E-state index contributed by atoms with van der Waals surface area (Å²) in [7, 11) is 1.28. The number of nitrogens with two attached hydrogens (primary N) is 1. The molecule has 0 aliphatic rings. The van der Waals surface area contributed by atoms with Crippen LogP contribution >= 0.6 is 0 Å². The summed E-state index contributed by atoms with van der Waals surface area (Å²) in [4.78, 5) is 15.2. The number of aromatic nitrogens is 3. The summed E-state index contributed by atoms with van der Waals surface area (Å²) < 4.78 is 11.2. The van der Waals surface area contributed by atoms with E-state index < -0.39 is 5.97 Å². The summed E-state index contributed by atoms with van der Waals surface area (Å²) in [6.45, 7) is 2.20. The second kappa shape index (κ2) is 4.28. The SMILES string of the molecule is COC(=O)c1ncn(Cc2cc(C)no2)c1N. The number of hydrogen-bond acceptors (Lipinski definition) is 6. The molecule has 0 aromatic carbocycles. The first-order valence-electron chi connectivity index (χ1n) is 4.93. The molecule has 0 spiro atoms. The molecule has 0 aliphatic heterocycles. The lowest BCUT2D eigenvalue weighted by atomic mass is 10.4. The zero-order valence-electron chi connectivity index (χ0n) is 9.51. The second-order valence-corrected chi connectivity index (χ2v) is 3.53. The molecule has 2 heterocycles. The number of aryl methyl sites for hydroxylation is 1. The average molecular weight is 236 g/mol.